The van der Waals surface area contributed by atoms with Gasteiger partial charge in [0.05, 0.1) is 0 Å². The molecule has 0 heterocycles. The van der Waals surface area contributed by atoms with Crippen LogP contribution < -0.4 is 18.1 Å². The van der Waals surface area contributed by atoms with Gasteiger partial charge in [-0.3, -0.25) is 0 Å². The largest absolute Gasteiger partial charge is 1.00 e. The van der Waals surface area contributed by atoms with Crippen LogP contribution in [-0.2, 0) is 9.53 Å². The van der Waals surface area contributed by atoms with Gasteiger partial charge in [-0.1, -0.05) is 0 Å². The van der Waals surface area contributed by atoms with Crippen LogP contribution in [-0.4, -0.2) is 25.8 Å². The molecule has 9 heavy (non-hydrogen) atoms. The van der Waals surface area contributed by atoms with E-state index in [4.69, 9.17) is 0 Å². The Hall–Kier alpha value is -0.350. The molecule has 0 unspecified atom stereocenters. The Kier molecular flexibility index (Phi) is 9.73. The highest BCUT2D eigenvalue weighted by Crippen LogP contribution is 1.74. The molecular weight excluding hydrogens is 148 g/mol. The molecular formula is C4H9ClFNO2. The molecule has 0 bridgehead atoms. The van der Waals surface area contributed by atoms with Gasteiger partial charge in [-0.25, -0.2) is 9.18 Å². The predicted octanol–water partition coefficient (Wildman–Crippen LogP) is -4.25. The number of carbonyl (C=O) groups excluding carboxylic acids is 1. The second kappa shape index (κ2) is 7.65. The number of ether oxygens (including phenoxy) is 1. The highest BCUT2D eigenvalue weighted by molar-refractivity contribution is 5.69. The fourth-order valence-electron chi connectivity index (χ4n) is 0.225. The Morgan fingerprint density at radius 1 is 1.67 bits per heavy atom. The lowest BCUT2D eigenvalue weighted by Gasteiger charge is -1.94. The number of rotatable bonds is 3. The molecule has 0 atom stereocenters. The molecule has 0 aliphatic heterocycles. The van der Waals surface area contributed by atoms with Crippen LogP contribution in [0, 0.1) is 0 Å². The van der Waals surface area contributed by atoms with E-state index in [1.165, 1.54) is 0 Å². The SMILES string of the molecule is [Cl-].[NH3+]CC(=O)OCCF. The van der Waals surface area contributed by atoms with E-state index < -0.39 is 12.6 Å². The van der Waals surface area contributed by atoms with Gasteiger partial charge in [0.1, 0.15) is 13.3 Å². The van der Waals surface area contributed by atoms with Crippen LogP contribution in [0.2, 0.25) is 0 Å². The van der Waals surface area contributed by atoms with E-state index in [0.717, 1.165) is 0 Å². The van der Waals surface area contributed by atoms with Crippen molar-refractivity contribution < 1.29 is 32.1 Å². The van der Waals surface area contributed by atoms with Gasteiger partial charge in [0, 0.05) is 0 Å². The van der Waals surface area contributed by atoms with Crippen LogP contribution in [0.15, 0.2) is 0 Å². The van der Waals surface area contributed by atoms with Crippen LogP contribution in [0.25, 0.3) is 0 Å². The summed E-state index contributed by atoms with van der Waals surface area (Å²) >= 11 is 0. The van der Waals surface area contributed by atoms with E-state index in [9.17, 15) is 9.18 Å². The summed E-state index contributed by atoms with van der Waals surface area (Å²) in [5, 5.41) is 0. The summed E-state index contributed by atoms with van der Waals surface area (Å²) in [5.41, 5.74) is 3.24. The Labute approximate surface area is 58.8 Å². The van der Waals surface area contributed by atoms with Crippen LogP contribution in [0.3, 0.4) is 0 Å². The molecule has 3 N–H and O–H groups in total. The highest BCUT2D eigenvalue weighted by atomic mass is 35.5. The molecule has 3 nitrogen and oxygen atoms in total. The second-order valence-electron chi connectivity index (χ2n) is 1.16. The number of alkyl halides is 1. The zero-order chi connectivity index (χ0) is 6.41. The summed E-state index contributed by atoms with van der Waals surface area (Å²) in [6.45, 7) is -0.694. The zero-order valence-electron chi connectivity index (χ0n) is 4.90. The van der Waals surface area contributed by atoms with Gasteiger partial charge in [-0.05, 0) is 0 Å². The summed E-state index contributed by atoms with van der Waals surface area (Å²) in [4.78, 5) is 10.1. The van der Waals surface area contributed by atoms with E-state index in [2.05, 4.69) is 10.5 Å². The molecule has 5 heteroatoms. The minimum atomic E-state index is -0.619. The quantitative estimate of drug-likeness (QED) is 0.422. The molecule has 0 aliphatic rings. The molecule has 56 valence electrons. The van der Waals surface area contributed by atoms with Crippen molar-refractivity contribution in [1.29, 1.82) is 0 Å². The third-order valence-electron chi connectivity index (χ3n) is 0.544. The lowest BCUT2D eigenvalue weighted by atomic mass is 10.7. The Balaban J connectivity index is 0. The van der Waals surface area contributed by atoms with Crippen molar-refractivity contribution >= 4 is 5.97 Å². The number of hydrogen-bond acceptors (Lipinski definition) is 2. The molecule has 0 spiro atoms. The highest BCUT2D eigenvalue weighted by Gasteiger charge is 1.97. The molecule has 0 rings (SSSR count). The van der Waals surface area contributed by atoms with Crippen molar-refractivity contribution in [2.75, 3.05) is 19.8 Å². The number of carbonyl (C=O) groups is 1. The van der Waals surface area contributed by atoms with Crippen LogP contribution >= 0.6 is 0 Å². The van der Waals surface area contributed by atoms with Crippen molar-refractivity contribution in [2.24, 2.45) is 0 Å². The summed E-state index contributed by atoms with van der Waals surface area (Å²) in [7, 11) is 0. The summed E-state index contributed by atoms with van der Waals surface area (Å²) in [5.74, 6) is -0.456. The molecule has 0 aromatic rings. The monoisotopic (exact) mass is 157 g/mol. The first-order valence-corrected chi connectivity index (χ1v) is 2.32. The predicted molar refractivity (Wildman–Crippen MR) is 24.7 cm³/mol. The summed E-state index contributed by atoms with van der Waals surface area (Å²) in [6, 6.07) is 0. The third kappa shape index (κ3) is 7.65. The molecule has 0 amide bonds. The van der Waals surface area contributed by atoms with E-state index in [-0.39, 0.29) is 25.6 Å². The van der Waals surface area contributed by atoms with Crippen molar-refractivity contribution in [3.63, 3.8) is 0 Å². The standard InChI is InChI=1S/C4H8FNO2.ClH/c5-1-2-8-4(7)3-6;/h1-3,6H2;1H. The van der Waals surface area contributed by atoms with Crippen LogP contribution in [0.1, 0.15) is 0 Å². The first kappa shape index (κ1) is 11.4. The molecule has 0 aliphatic carbocycles. The Bertz CT molecular complexity index is 81.0. The van der Waals surface area contributed by atoms with Gasteiger partial charge in [-0.2, -0.15) is 0 Å². The first-order chi connectivity index (χ1) is 3.81. The van der Waals surface area contributed by atoms with Crippen LogP contribution in [0.5, 0.6) is 0 Å². The van der Waals surface area contributed by atoms with Gasteiger partial charge in [0.2, 0.25) is 0 Å². The maximum atomic E-state index is 11.2. The molecule has 0 aromatic heterocycles. The number of hydrogen-bond donors (Lipinski definition) is 1. The van der Waals surface area contributed by atoms with E-state index in [0.29, 0.717) is 0 Å². The lowest BCUT2D eigenvalue weighted by molar-refractivity contribution is -0.359. The van der Waals surface area contributed by atoms with Gasteiger partial charge >= 0.3 is 5.97 Å². The third-order valence-corrected chi connectivity index (χ3v) is 0.544. The maximum Gasteiger partial charge on any atom is 0.361 e. The van der Waals surface area contributed by atoms with Crippen molar-refractivity contribution in [3.05, 3.63) is 0 Å². The van der Waals surface area contributed by atoms with Crippen LogP contribution in [0.4, 0.5) is 4.39 Å². The van der Waals surface area contributed by atoms with Gasteiger partial charge in [0.15, 0.2) is 6.54 Å². The van der Waals surface area contributed by atoms with Crippen molar-refractivity contribution in [3.8, 4) is 0 Å². The average molecular weight is 158 g/mol. The molecule has 0 aromatic carbocycles. The minimum absolute atomic E-state index is 0. The number of esters is 1. The molecule has 0 radical (unpaired) electrons. The summed E-state index contributed by atoms with van der Waals surface area (Å²) < 4.78 is 15.5. The average Bonchev–Trinajstić information content (AvgIpc) is 1.83. The Morgan fingerprint density at radius 3 is 2.56 bits per heavy atom. The normalized spacial score (nSPS) is 7.78. The fourth-order valence-corrected chi connectivity index (χ4v) is 0.225. The molecule has 0 fully saturated rings. The zero-order valence-corrected chi connectivity index (χ0v) is 5.66. The van der Waals surface area contributed by atoms with Crippen molar-refractivity contribution in [1.82, 2.24) is 0 Å². The van der Waals surface area contributed by atoms with E-state index in [1.807, 2.05) is 0 Å². The topological polar surface area (TPSA) is 53.9 Å². The number of quaternary nitrogens is 1. The van der Waals surface area contributed by atoms with Crippen molar-refractivity contribution in [2.45, 2.75) is 0 Å². The fraction of sp³-hybridized carbons (Fsp3) is 0.750. The lowest BCUT2D eigenvalue weighted by Crippen LogP contribution is -3.00. The minimum Gasteiger partial charge on any atom is -1.00 e. The first-order valence-electron chi connectivity index (χ1n) is 2.32. The second-order valence-corrected chi connectivity index (χ2v) is 1.16. The van der Waals surface area contributed by atoms with E-state index >= 15 is 0 Å². The van der Waals surface area contributed by atoms with Gasteiger partial charge < -0.3 is 22.9 Å². The summed E-state index contributed by atoms with van der Waals surface area (Å²) in [6.07, 6.45) is 0. The van der Waals surface area contributed by atoms with Gasteiger partial charge in [0.25, 0.3) is 0 Å². The van der Waals surface area contributed by atoms with E-state index in [1.54, 1.807) is 0 Å². The smallest absolute Gasteiger partial charge is 0.361 e. The number of halogens is 2. The van der Waals surface area contributed by atoms with Gasteiger partial charge in [-0.15, -0.1) is 0 Å². The molecule has 0 saturated heterocycles. The molecule has 0 saturated carbocycles. The maximum absolute atomic E-state index is 11.2. The Morgan fingerprint density at radius 2 is 2.22 bits per heavy atom.